The summed E-state index contributed by atoms with van der Waals surface area (Å²) in [7, 11) is 1.61. The van der Waals surface area contributed by atoms with Crippen molar-refractivity contribution in [3.05, 3.63) is 51.7 Å². The summed E-state index contributed by atoms with van der Waals surface area (Å²) in [6, 6.07) is 11.2. The maximum absolute atomic E-state index is 12.7. The van der Waals surface area contributed by atoms with E-state index in [0.717, 1.165) is 29.0 Å². The van der Waals surface area contributed by atoms with E-state index in [1.165, 1.54) is 18.3 Å². The minimum atomic E-state index is -0.104. The standard InChI is InChI=1S/C22H27N3O4S/c1-15(26)23-14-18-7-8-20(30-18)22(28)24-17-9-11-25(12-10-17)21(27)13-16-5-3-4-6-19(16)29-2/h3-8,17H,9-14H2,1-2H3,(H,23,26)(H,24,28). The van der Waals surface area contributed by atoms with Crippen molar-refractivity contribution in [2.24, 2.45) is 0 Å². The Morgan fingerprint density at radius 1 is 1.13 bits per heavy atom. The van der Waals surface area contributed by atoms with Gasteiger partial charge in [0.05, 0.1) is 25.0 Å². The zero-order chi connectivity index (χ0) is 21.5. The van der Waals surface area contributed by atoms with E-state index in [1.807, 2.05) is 35.2 Å². The SMILES string of the molecule is COc1ccccc1CC(=O)N1CCC(NC(=O)c2ccc(CNC(C)=O)s2)CC1. The summed E-state index contributed by atoms with van der Waals surface area (Å²) in [6.07, 6.45) is 1.77. The van der Waals surface area contributed by atoms with Crippen molar-refractivity contribution >= 4 is 29.1 Å². The fourth-order valence-electron chi connectivity index (χ4n) is 3.46. The molecule has 1 aromatic carbocycles. The second-order valence-electron chi connectivity index (χ2n) is 7.29. The van der Waals surface area contributed by atoms with Crippen molar-refractivity contribution in [1.82, 2.24) is 15.5 Å². The van der Waals surface area contributed by atoms with Gasteiger partial charge in [-0.05, 0) is 31.0 Å². The number of hydrogen-bond acceptors (Lipinski definition) is 5. The molecule has 2 aromatic rings. The Labute approximate surface area is 180 Å². The first-order valence-electron chi connectivity index (χ1n) is 10.00. The number of piperidine rings is 1. The summed E-state index contributed by atoms with van der Waals surface area (Å²) in [5, 5.41) is 5.80. The molecule has 8 heteroatoms. The van der Waals surface area contributed by atoms with Crippen LogP contribution in [0, 0.1) is 0 Å². The molecule has 30 heavy (non-hydrogen) atoms. The summed E-state index contributed by atoms with van der Waals surface area (Å²) in [6.45, 7) is 3.14. The van der Waals surface area contributed by atoms with Gasteiger partial charge in [-0.1, -0.05) is 18.2 Å². The predicted octanol–water partition coefficient (Wildman–Crippen LogP) is 2.36. The van der Waals surface area contributed by atoms with Crippen molar-refractivity contribution in [3.63, 3.8) is 0 Å². The van der Waals surface area contributed by atoms with Crippen LogP contribution in [0.3, 0.4) is 0 Å². The summed E-state index contributed by atoms with van der Waals surface area (Å²) >= 11 is 1.38. The van der Waals surface area contributed by atoms with E-state index in [-0.39, 0.29) is 23.8 Å². The summed E-state index contributed by atoms with van der Waals surface area (Å²) in [5.41, 5.74) is 0.883. The van der Waals surface area contributed by atoms with Gasteiger partial charge in [-0.3, -0.25) is 14.4 Å². The number of amides is 3. The molecule has 1 aliphatic rings. The second kappa shape index (κ2) is 10.2. The van der Waals surface area contributed by atoms with Crippen molar-refractivity contribution in [3.8, 4) is 5.75 Å². The smallest absolute Gasteiger partial charge is 0.261 e. The molecule has 1 aliphatic heterocycles. The average Bonchev–Trinajstić information content (AvgIpc) is 3.22. The van der Waals surface area contributed by atoms with Crippen molar-refractivity contribution in [1.29, 1.82) is 0 Å². The third kappa shape index (κ3) is 5.82. The average molecular weight is 430 g/mol. The molecule has 0 aliphatic carbocycles. The molecule has 1 fully saturated rings. The molecule has 1 saturated heterocycles. The molecule has 0 radical (unpaired) electrons. The first-order chi connectivity index (χ1) is 14.5. The lowest BCUT2D eigenvalue weighted by atomic mass is 10.0. The van der Waals surface area contributed by atoms with Crippen molar-refractivity contribution in [2.45, 2.75) is 38.8 Å². The number of nitrogens with one attached hydrogen (secondary N) is 2. The molecule has 0 saturated carbocycles. The molecular weight excluding hydrogens is 402 g/mol. The van der Waals surface area contributed by atoms with Crippen LogP contribution in [0.15, 0.2) is 36.4 Å². The van der Waals surface area contributed by atoms with Gasteiger partial charge in [0.1, 0.15) is 5.75 Å². The van der Waals surface area contributed by atoms with E-state index in [4.69, 9.17) is 4.74 Å². The van der Waals surface area contributed by atoms with Gasteiger partial charge in [0, 0.05) is 36.5 Å². The number of carbonyl (C=O) groups excluding carboxylic acids is 3. The summed E-state index contributed by atoms with van der Waals surface area (Å²) in [4.78, 5) is 39.6. The zero-order valence-corrected chi connectivity index (χ0v) is 18.1. The van der Waals surface area contributed by atoms with Crippen LogP contribution in [-0.2, 0) is 22.6 Å². The molecule has 1 aromatic heterocycles. The Morgan fingerprint density at radius 2 is 1.87 bits per heavy atom. The maximum Gasteiger partial charge on any atom is 0.261 e. The van der Waals surface area contributed by atoms with Crippen LogP contribution in [0.1, 0.15) is 39.9 Å². The lowest BCUT2D eigenvalue weighted by Gasteiger charge is -2.32. The molecule has 2 N–H and O–H groups in total. The molecule has 160 valence electrons. The Kier molecular flexibility index (Phi) is 7.46. The van der Waals surface area contributed by atoms with E-state index in [2.05, 4.69) is 10.6 Å². The number of ether oxygens (including phenoxy) is 1. The van der Waals surface area contributed by atoms with Gasteiger partial charge in [0.25, 0.3) is 5.91 Å². The quantitative estimate of drug-likeness (QED) is 0.707. The lowest BCUT2D eigenvalue weighted by Crippen LogP contribution is -2.46. The monoisotopic (exact) mass is 429 g/mol. The minimum Gasteiger partial charge on any atom is -0.496 e. The molecule has 2 heterocycles. The van der Waals surface area contributed by atoms with Crippen LogP contribution in [0.25, 0.3) is 0 Å². The number of rotatable bonds is 7. The molecule has 7 nitrogen and oxygen atoms in total. The Hall–Kier alpha value is -2.87. The number of carbonyl (C=O) groups is 3. The minimum absolute atomic E-state index is 0.0497. The number of benzene rings is 1. The number of thiophene rings is 1. The van der Waals surface area contributed by atoms with Crippen LogP contribution in [0.5, 0.6) is 5.75 Å². The van der Waals surface area contributed by atoms with Crippen LogP contribution >= 0.6 is 11.3 Å². The highest BCUT2D eigenvalue weighted by Crippen LogP contribution is 2.21. The highest BCUT2D eigenvalue weighted by Gasteiger charge is 2.25. The van der Waals surface area contributed by atoms with Crippen molar-refractivity contribution in [2.75, 3.05) is 20.2 Å². The van der Waals surface area contributed by atoms with Gasteiger partial charge in [-0.2, -0.15) is 0 Å². The molecule has 0 spiro atoms. The number of likely N-dealkylation sites (tertiary alicyclic amines) is 1. The van der Waals surface area contributed by atoms with Crippen LogP contribution in [0.2, 0.25) is 0 Å². The van der Waals surface area contributed by atoms with E-state index < -0.39 is 0 Å². The largest absolute Gasteiger partial charge is 0.496 e. The molecule has 0 unspecified atom stereocenters. The number of hydrogen-bond donors (Lipinski definition) is 2. The number of nitrogens with zero attached hydrogens (tertiary/aromatic N) is 1. The van der Waals surface area contributed by atoms with Crippen molar-refractivity contribution < 1.29 is 19.1 Å². The zero-order valence-electron chi connectivity index (χ0n) is 17.3. The van der Waals surface area contributed by atoms with E-state index in [0.29, 0.717) is 30.9 Å². The van der Waals surface area contributed by atoms with Gasteiger partial charge in [-0.15, -0.1) is 11.3 Å². The van der Waals surface area contributed by atoms with E-state index >= 15 is 0 Å². The van der Waals surface area contributed by atoms with Gasteiger partial charge < -0.3 is 20.3 Å². The lowest BCUT2D eigenvalue weighted by molar-refractivity contribution is -0.131. The normalized spacial score (nSPS) is 14.3. The molecule has 3 amide bonds. The fraction of sp³-hybridized carbons (Fsp3) is 0.409. The molecule has 0 atom stereocenters. The molecule has 0 bridgehead atoms. The molecular formula is C22H27N3O4S. The topological polar surface area (TPSA) is 87.7 Å². The van der Waals surface area contributed by atoms with Gasteiger partial charge in [0.2, 0.25) is 11.8 Å². The first kappa shape index (κ1) is 21.8. The number of methoxy groups -OCH3 is 1. The Balaban J connectivity index is 1.46. The second-order valence-corrected chi connectivity index (χ2v) is 8.46. The third-order valence-electron chi connectivity index (χ3n) is 5.11. The van der Waals surface area contributed by atoms with Crippen LogP contribution in [-0.4, -0.2) is 48.9 Å². The first-order valence-corrected chi connectivity index (χ1v) is 10.8. The highest BCUT2D eigenvalue weighted by atomic mass is 32.1. The summed E-state index contributed by atoms with van der Waals surface area (Å²) < 4.78 is 5.33. The third-order valence-corrected chi connectivity index (χ3v) is 6.20. The van der Waals surface area contributed by atoms with E-state index in [9.17, 15) is 14.4 Å². The fourth-order valence-corrected chi connectivity index (χ4v) is 4.31. The highest BCUT2D eigenvalue weighted by molar-refractivity contribution is 7.14. The number of para-hydroxylation sites is 1. The van der Waals surface area contributed by atoms with Crippen LogP contribution < -0.4 is 15.4 Å². The van der Waals surface area contributed by atoms with E-state index in [1.54, 1.807) is 13.2 Å². The van der Waals surface area contributed by atoms with Gasteiger partial charge >= 0.3 is 0 Å². The van der Waals surface area contributed by atoms with Gasteiger partial charge in [-0.25, -0.2) is 0 Å². The Bertz CT molecular complexity index is 903. The summed E-state index contributed by atoms with van der Waals surface area (Å²) in [5.74, 6) is 0.598. The molecule has 3 rings (SSSR count). The van der Waals surface area contributed by atoms with Gasteiger partial charge in [0.15, 0.2) is 0 Å². The predicted molar refractivity (Wildman–Crippen MR) is 116 cm³/mol. The maximum atomic E-state index is 12.7. The Morgan fingerprint density at radius 3 is 2.57 bits per heavy atom. The van der Waals surface area contributed by atoms with Crippen LogP contribution in [0.4, 0.5) is 0 Å².